The topological polar surface area (TPSA) is 98.8 Å². The minimum absolute atomic E-state index is 0.201. The van der Waals surface area contributed by atoms with Crippen LogP contribution in [0.4, 0.5) is 0 Å². The summed E-state index contributed by atoms with van der Waals surface area (Å²) < 4.78 is 38.8. The SMILES string of the molecule is COc1ccc(/C=C2\C(=O)c3cc(OC)c(C=O)c(OC)c3C2c2cc(OC)c(OC)c(OC)c2)c(OC)c1. The molecule has 39 heavy (non-hydrogen) atoms. The van der Waals surface area contributed by atoms with Crippen LogP contribution in [0.25, 0.3) is 6.08 Å². The molecule has 1 aliphatic carbocycles. The number of fused-ring (bicyclic) bond motifs is 1. The Balaban J connectivity index is 2.09. The third-order valence-corrected chi connectivity index (χ3v) is 6.74. The van der Waals surface area contributed by atoms with Crippen LogP contribution in [-0.4, -0.2) is 61.8 Å². The molecule has 3 aromatic carbocycles. The molecule has 0 amide bonds. The van der Waals surface area contributed by atoms with Crippen LogP contribution in [0.2, 0.25) is 0 Å². The Kier molecular flexibility index (Phi) is 7.99. The zero-order valence-electron chi connectivity index (χ0n) is 22.9. The lowest BCUT2D eigenvalue weighted by Gasteiger charge is -2.21. The molecular weight excluding hydrogens is 504 g/mol. The zero-order chi connectivity index (χ0) is 28.3. The number of ether oxygens (including phenoxy) is 7. The van der Waals surface area contributed by atoms with Crippen LogP contribution >= 0.6 is 0 Å². The molecule has 0 bridgehead atoms. The molecule has 3 aromatic rings. The van der Waals surface area contributed by atoms with Crippen molar-refractivity contribution in [2.45, 2.75) is 5.92 Å². The maximum absolute atomic E-state index is 14.1. The second-order valence-corrected chi connectivity index (χ2v) is 8.53. The first kappa shape index (κ1) is 27.4. The third-order valence-electron chi connectivity index (χ3n) is 6.74. The van der Waals surface area contributed by atoms with Gasteiger partial charge in [-0.15, -0.1) is 0 Å². The van der Waals surface area contributed by atoms with Crippen molar-refractivity contribution in [3.8, 4) is 40.2 Å². The van der Waals surface area contributed by atoms with Gasteiger partial charge in [0.2, 0.25) is 5.75 Å². The molecule has 0 heterocycles. The number of rotatable bonds is 10. The van der Waals surface area contributed by atoms with Crippen molar-refractivity contribution in [3.05, 3.63) is 69.8 Å². The van der Waals surface area contributed by atoms with Crippen LogP contribution in [0.5, 0.6) is 40.2 Å². The quantitative estimate of drug-likeness (QED) is 0.264. The molecule has 1 unspecified atom stereocenters. The van der Waals surface area contributed by atoms with Crippen LogP contribution < -0.4 is 33.2 Å². The number of hydrogen-bond donors (Lipinski definition) is 0. The van der Waals surface area contributed by atoms with Gasteiger partial charge in [-0.2, -0.15) is 0 Å². The summed E-state index contributed by atoms with van der Waals surface area (Å²) in [6.07, 6.45) is 2.42. The first-order chi connectivity index (χ1) is 18.9. The maximum atomic E-state index is 14.1. The molecule has 0 aromatic heterocycles. The number of carbonyl (C=O) groups is 2. The number of allylic oxidation sites excluding steroid dienone is 1. The van der Waals surface area contributed by atoms with Crippen LogP contribution in [0.1, 0.15) is 43.3 Å². The number of aldehydes is 1. The Morgan fingerprint density at radius 1 is 0.667 bits per heavy atom. The van der Waals surface area contributed by atoms with Gasteiger partial charge < -0.3 is 33.2 Å². The summed E-state index contributed by atoms with van der Waals surface area (Å²) >= 11 is 0. The number of Topliss-reactive ketones (excluding diaryl/α,β-unsaturated/α-hetero) is 1. The molecule has 0 spiro atoms. The minimum Gasteiger partial charge on any atom is -0.497 e. The van der Waals surface area contributed by atoms with Crippen molar-refractivity contribution in [3.63, 3.8) is 0 Å². The largest absolute Gasteiger partial charge is 0.497 e. The van der Waals surface area contributed by atoms with Crippen molar-refractivity contribution < 1.29 is 42.7 Å². The Hall–Kier alpha value is -4.66. The van der Waals surface area contributed by atoms with E-state index in [1.54, 1.807) is 50.6 Å². The fraction of sp³-hybridized carbons (Fsp3) is 0.267. The lowest BCUT2D eigenvalue weighted by Crippen LogP contribution is -2.07. The van der Waals surface area contributed by atoms with Gasteiger partial charge in [0.15, 0.2) is 23.6 Å². The second-order valence-electron chi connectivity index (χ2n) is 8.53. The molecule has 0 aliphatic heterocycles. The van der Waals surface area contributed by atoms with E-state index in [1.807, 2.05) is 6.07 Å². The lowest BCUT2D eigenvalue weighted by molar-refractivity contribution is 0.103. The van der Waals surface area contributed by atoms with Crippen molar-refractivity contribution in [1.29, 1.82) is 0 Å². The van der Waals surface area contributed by atoms with E-state index in [0.29, 0.717) is 62.9 Å². The zero-order valence-corrected chi connectivity index (χ0v) is 22.9. The second kappa shape index (κ2) is 11.4. The summed E-state index contributed by atoms with van der Waals surface area (Å²) in [5.41, 5.74) is 2.83. The standard InChI is InChI=1S/C30H30O9/c1-33-18-9-8-16(22(13-18)34-2)10-19-26(17-11-24(36-4)30(39-7)25(12-17)37-5)27-20(28(19)32)14-23(35-3)21(15-31)29(27)38-6/h8-15,26H,1-7H3/b19-10-. The van der Waals surface area contributed by atoms with E-state index < -0.39 is 5.92 Å². The maximum Gasteiger partial charge on any atom is 0.203 e. The molecule has 0 radical (unpaired) electrons. The van der Waals surface area contributed by atoms with Gasteiger partial charge >= 0.3 is 0 Å². The first-order valence-electron chi connectivity index (χ1n) is 11.9. The van der Waals surface area contributed by atoms with Crippen molar-refractivity contribution in [2.24, 2.45) is 0 Å². The Bertz CT molecular complexity index is 1430. The van der Waals surface area contributed by atoms with Crippen molar-refractivity contribution >= 4 is 18.1 Å². The molecule has 0 saturated heterocycles. The van der Waals surface area contributed by atoms with E-state index in [4.69, 9.17) is 33.2 Å². The number of carbonyl (C=O) groups excluding carboxylic acids is 2. The summed E-state index contributed by atoms with van der Waals surface area (Å²) in [7, 11) is 10.5. The van der Waals surface area contributed by atoms with Gasteiger partial charge in [-0.25, -0.2) is 0 Å². The molecule has 0 fully saturated rings. The van der Waals surface area contributed by atoms with E-state index in [1.165, 1.54) is 35.5 Å². The predicted octanol–water partition coefficient (Wildman–Crippen LogP) is 4.97. The van der Waals surface area contributed by atoms with E-state index in [-0.39, 0.29) is 22.8 Å². The smallest absolute Gasteiger partial charge is 0.203 e. The number of ketones is 1. The molecule has 1 atom stereocenters. The highest BCUT2D eigenvalue weighted by molar-refractivity contribution is 6.19. The predicted molar refractivity (Wildman–Crippen MR) is 145 cm³/mol. The van der Waals surface area contributed by atoms with Gasteiger partial charge in [-0.05, 0) is 42.0 Å². The molecule has 0 saturated carbocycles. The molecule has 4 rings (SSSR count). The average molecular weight is 535 g/mol. The fourth-order valence-corrected chi connectivity index (χ4v) is 4.95. The van der Waals surface area contributed by atoms with E-state index in [2.05, 4.69) is 0 Å². The molecule has 1 aliphatic rings. The molecule has 0 N–H and O–H groups in total. The summed E-state index contributed by atoms with van der Waals surface area (Å²) in [6.45, 7) is 0. The van der Waals surface area contributed by atoms with Gasteiger partial charge in [0.25, 0.3) is 0 Å². The Labute approximate surface area is 226 Å². The highest BCUT2D eigenvalue weighted by Crippen LogP contribution is 2.53. The third kappa shape index (κ3) is 4.60. The normalized spacial score (nSPS) is 15.0. The average Bonchev–Trinajstić information content (AvgIpc) is 3.25. The van der Waals surface area contributed by atoms with Gasteiger partial charge in [-0.1, -0.05) is 0 Å². The van der Waals surface area contributed by atoms with Crippen LogP contribution in [0.3, 0.4) is 0 Å². The fourth-order valence-electron chi connectivity index (χ4n) is 4.95. The first-order valence-corrected chi connectivity index (χ1v) is 11.9. The van der Waals surface area contributed by atoms with E-state index >= 15 is 0 Å². The Morgan fingerprint density at radius 3 is 1.79 bits per heavy atom. The van der Waals surface area contributed by atoms with Crippen LogP contribution in [0, 0.1) is 0 Å². The molecular formula is C30H30O9. The van der Waals surface area contributed by atoms with Gasteiger partial charge in [-0.3, -0.25) is 9.59 Å². The number of hydrogen-bond acceptors (Lipinski definition) is 9. The highest BCUT2D eigenvalue weighted by Gasteiger charge is 2.41. The summed E-state index contributed by atoms with van der Waals surface area (Å²) in [5, 5.41) is 0. The van der Waals surface area contributed by atoms with Crippen LogP contribution in [-0.2, 0) is 0 Å². The highest BCUT2D eigenvalue weighted by atomic mass is 16.5. The van der Waals surface area contributed by atoms with Gasteiger partial charge in [0, 0.05) is 34.2 Å². The number of methoxy groups -OCH3 is 7. The van der Waals surface area contributed by atoms with Gasteiger partial charge in [0.1, 0.15) is 23.0 Å². The summed E-state index contributed by atoms with van der Waals surface area (Å²) in [6, 6.07) is 10.4. The number of benzene rings is 3. The van der Waals surface area contributed by atoms with E-state index in [9.17, 15) is 9.59 Å². The summed E-state index contributed by atoms with van der Waals surface area (Å²) in [5.74, 6) is 1.94. The summed E-state index contributed by atoms with van der Waals surface area (Å²) in [4.78, 5) is 26.2. The lowest BCUT2D eigenvalue weighted by atomic mass is 9.87. The van der Waals surface area contributed by atoms with Gasteiger partial charge in [0.05, 0.1) is 55.3 Å². The Morgan fingerprint density at radius 2 is 1.28 bits per heavy atom. The van der Waals surface area contributed by atoms with Crippen molar-refractivity contribution in [2.75, 3.05) is 49.8 Å². The molecule has 204 valence electrons. The van der Waals surface area contributed by atoms with Crippen LogP contribution in [0.15, 0.2) is 42.0 Å². The molecule has 9 nitrogen and oxygen atoms in total. The molecule has 9 heteroatoms. The minimum atomic E-state index is -0.660. The van der Waals surface area contributed by atoms with E-state index in [0.717, 1.165) is 0 Å². The van der Waals surface area contributed by atoms with Crippen molar-refractivity contribution in [1.82, 2.24) is 0 Å². The monoisotopic (exact) mass is 534 g/mol.